The summed E-state index contributed by atoms with van der Waals surface area (Å²) in [5, 5.41) is 14.0. The topological polar surface area (TPSA) is 115 Å². The molecule has 5 rings (SSSR count). The van der Waals surface area contributed by atoms with Crippen LogP contribution in [0.25, 0.3) is 11.0 Å². The number of methoxy groups -OCH3 is 1. The number of carbonyl (C=O) groups is 1. The van der Waals surface area contributed by atoms with Gasteiger partial charge in [0.15, 0.2) is 11.5 Å². The monoisotopic (exact) mass is 466 g/mol. The van der Waals surface area contributed by atoms with E-state index in [4.69, 9.17) is 18.9 Å². The number of hydrogen-bond acceptors (Lipinski definition) is 9. The molecule has 10 nitrogen and oxygen atoms in total. The summed E-state index contributed by atoms with van der Waals surface area (Å²) in [6.45, 7) is 2.43. The van der Waals surface area contributed by atoms with Crippen LogP contribution in [0.4, 0.5) is 10.5 Å². The van der Waals surface area contributed by atoms with Gasteiger partial charge in [0.25, 0.3) is 0 Å². The Labute approximate surface area is 196 Å². The Bertz CT molecular complexity index is 1190. The lowest BCUT2D eigenvalue weighted by atomic mass is 10.1. The van der Waals surface area contributed by atoms with E-state index < -0.39 is 12.2 Å². The zero-order chi connectivity index (χ0) is 23.5. The van der Waals surface area contributed by atoms with E-state index in [9.17, 15) is 9.90 Å². The van der Waals surface area contributed by atoms with Gasteiger partial charge in [-0.2, -0.15) is 0 Å². The molecule has 2 aliphatic heterocycles. The lowest BCUT2D eigenvalue weighted by Gasteiger charge is -2.21. The summed E-state index contributed by atoms with van der Waals surface area (Å²) >= 11 is 0. The molecule has 34 heavy (non-hydrogen) atoms. The molecule has 2 unspecified atom stereocenters. The molecular weight excluding hydrogens is 440 g/mol. The molecule has 0 saturated carbocycles. The molecule has 4 heterocycles. The maximum Gasteiger partial charge on any atom is 0.414 e. The Kier molecular flexibility index (Phi) is 6.33. The first-order valence-corrected chi connectivity index (χ1v) is 11.2. The summed E-state index contributed by atoms with van der Waals surface area (Å²) in [6.07, 6.45) is 0.701. The van der Waals surface area contributed by atoms with Crippen molar-refractivity contribution in [2.24, 2.45) is 0 Å². The molecule has 0 spiro atoms. The third kappa shape index (κ3) is 4.55. The number of aromatic nitrogens is 2. The number of aliphatic hydroxyl groups is 1. The standard InChI is InChI=1S/C24H26N4O6/c1-31-22-5-3-18-23(27-22)17(6-9-26-18)19(29)7-8-25-13-16-14-28(24(30)34-16)15-2-4-20-21(12-15)33-11-10-32-20/h2-6,9,12,16,19,25,29H,7-8,10-11,13-14H2,1H3. The number of carbonyl (C=O) groups excluding carboxylic acids is 1. The lowest BCUT2D eigenvalue weighted by Crippen LogP contribution is -2.32. The van der Waals surface area contributed by atoms with Gasteiger partial charge in [0, 0.05) is 30.4 Å². The van der Waals surface area contributed by atoms with Gasteiger partial charge in [0.1, 0.15) is 19.3 Å². The van der Waals surface area contributed by atoms with Crippen LogP contribution >= 0.6 is 0 Å². The van der Waals surface area contributed by atoms with Crippen molar-refractivity contribution in [3.8, 4) is 17.4 Å². The Hall–Kier alpha value is -3.63. The highest BCUT2D eigenvalue weighted by atomic mass is 16.6. The van der Waals surface area contributed by atoms with E-state index >= 15 is 0 Å². The number of cyclic esters (lactones) is 1. The van der Waals surface area contributed by atoms with Gasteiger partial charge in [-0.05, 0) is 37.2 Å². The van der Waals surface area contributed by atoms with E-state index in [1.807, 2.05) is 12.1 Å². The van der Waals surface area contributed by atoms with Gasteiger partial charge in [-0.3, -0.25) is 9.88 Å². The summed E-state index contributed by atoms with van der Waals surface area (Å²) in [7, 11) is 1.55. The van der Waals surface area contributed by atoms with Crippen LogP contribution in [0.1, 0.15) is 18.1 Å². The molecule has 1 amide bonds. The summed E-state index contributed by atoms with van der Waals surface area (Å²) in [5.41, 5.74) is 2.72. The number of fused-ring (bicyclic) bond motifs is 2. The van der Waals surface area contributed by atoms with E-state index in [-0.39, 0.29) is 6.10 Å². The summed E-state index contributed by atoms with van der Waals surface area (Å²) in [5.74, 6) is 1.77. The molecule has 3 aromatic rings. The number of nitrogens with zero attached hydrogens (tertiary/aromatic N) is 3. The SMILES string of the molecule is COc1ccc2nccc(C(O)CCNCC3CN(c4ccc5c(c4)OCCO5)C(=O)O3)c2n1. The number of benzene rings is 1. The minimum atomic E-state index is -0.724. The first-order chi connectivity index (χ1) is 16.6. The van der Waals surface area contributed by atoms with Gasteiger partial charge in [0.05, 0.1) is 36.5 Å². The predicted molar refractivity (Wildman–Crippen MR) is 124 cm³/mol. The lowest BCUT2D eigenvalue weighted by molar-refractivity contribution is 0.136. The Balaban J connectivity index is 1.14. The van der Waals surface area contributed by atoms with Crippen molar-refractivity contribution >= 4 is 22.8 Å². The van der Waals surface area contributed by atoms with Crippen LogP contribution in [0.2, 0.25) is 0 Å². The molecule has 0 radical (unpaired) electrons. The summed E-state index contributed by atoms with van der Waals surface area (Å²) in [4.78, 5) is 22.7. The van der Waals surface area contributed by atoms with Crippen molar-refractivity contribution < 1.29 is 28.8 Å². The first kappa shape index (κ1) is 22.2. The van der Waals surface area contributed by atoms with Crippen molar-refractivity contribution in [1.82, 2.24) is 15.3 Å². The fourth-order valence-corrected chi connectivity index (χ4v) is 4.11. The second-order valence-electron chi connectivity index (χ2n) is 8.07. The van der Waals surface area contributed by atoms with Gasteiger partial charge in [-0.15, -0.1) is 0 Å². The fraction of sp³-hybridized carbons (Fsp3) is 0.375. The van der Waals surface area contributed by atoms with Gasteiger partial charge in [0.2, 0.25) is 5.88 Å². The molecule has 1 saturated heterocycles. The van der Waals surface area contributed by atoms with Gasteiger partial charge in [-0.25, -0.2) is 9.78 Å². The highest BCUT2D eigenvalue weighted by Gasteiger charge is 2.32. The van der Waals surface area contributed by atoms with Crippen LogP contribution in [0.5, 0.6) is 17.4 Å². The maximum absolute atomic E-state index is 12.4. The number of rotatable bonds is 8. The molecule has 178 valence electrons. The molecular formula is C24H26N4O6. The molecule has 1 aromatic carbocycles. The van der Waals surface area contributed by atoms with E-state index in [1.165, 1.54) is 0 Å². The van der Waals surface area contributed by atoms with Gasteiger partial charge >= 0.3 is 6.09 Å². The zero-order valence-corrected chi connectivity index (χ0v) is 18.8. The number of anilines is 1. The minimum Gasteiger partial charge on any atom is -0.486 e. The van der Waals surface area contributed by atoms with Gasteiger partial charge in [-0.1, -0.05) is 0 Å². The molecule has 2 atom stereocenters. The molecule has 2 aromatic heterocycles. The van der Waals surface area contributed by atoms with Crippen LogP contribution in [0, 0.1) is 0 Å². The number of aliphatic hydroxyl groups excluding tert-OH is 1. The quantitative estimate of drug-likeness (QED) is 0.483. The van der Waals surface area contributed by atoms with Crippen LogP contribution in [0.3, 0.4) is 0 Å². The van der Waals surface area contributed by atoms with Crippen molar-refractivity contribution in [2.75, 3.05) is 44.9 Å². The number of hydrogen-bond donors (Lipinski definition) is 2. The van der Waals surface area contributed by atoms with E-state index in [2.05, 4.69) is 15.3 Å². The average molecular weight is 466 g/mol. The molecule has 2 aliphatic rings. The largest absolute Gasteiger partial charge is 0.486 e. The van der Waals surface area contributed by atoms with Crippen LogP contribution < -0.4 is 24.4 Å². The minimum absolute atomic E-state index is 0.300. The Morgan fingerprint density at radius 2 is 2.06 bits per heavy atom. The van der Waals surface area contributed by atoms with Crippen molar-refractivity contribution in [3.63, 3.8) is 0 Å². The smallest absolute Gasteiger partial charge is 0.414 e. The third-order valence-electron chi connectivity index (χ3n) is 5.84. The van der Waals surface area contributed by atoms with E-state index in [0.29, 0.717) is 78.9 Å². The van der Waals surface area contributed by atoms with Crippen molar-refractivity contribution in [2.45, 2.75) is 18.6 Å². The number of amides is 1. The third-order valence-corrected chi connectivity index (χ3v) is 5.84. The molecule has 10 heteroatoms. The Morgan fingerprint density at radius 3 is 2.91 bits per heavy atom. The van der Waals surface area contributed by atoms with Crippen molar-refractivity contribution in [1.29, 1.82) is 0 Å². The summed E-state index contributed by atoms with van der Waals surface area (Å²) < 4.78 is 21.8. The molecule has 0 bridgehead atoms. The number of ether oxygens (including phenoxy) is 4. The second kappa shape index (κ2) is 9.70. The normalized spacial score (nSPS) is 18.1. The molecule has 2 N–H and O–H groups in total. The number of nitrogens with one attached hydrogen (secondary N) is 1. The second-order valence-corrected chi connectivity index (χ2v) is 8.07. The summed E-state index contributed by atoms with van der Waals surface area (Å²) in [6, 6.07) is 10.7. The van der Waals surface area contributed by atoms with E-state index in [1.54, 1.807) is 42.5 Å². The highest BCUT2D eigenvalue weighted by Crippen LogP contribution is 2.35. The molecule has 1 fully saturated rings. The zero-order valence-electron chi connectivity index (χ0n) is 18.8. The highest BCUT2D eigenvalue weighted by molar-refractivity contribution is 5.90. The maximum atomic E-state index is 12.4. The predicted octanol–water partition coefficient (Wildman–Crippen LogP) is 2.45. The van der Waals surface area contributed by atoms with Crippen LogP contribution in [-0.4, -0.2) is 67.2 Å². The van der Waals surface area contributed by atoms with Crippen LogP contribution in [-0.2, 0) is 4.74 Å². The first-order valence-electron chi connectivity index (χ1n) is 11.2. The van der Waals surface area contributed by atoms with Crippen LogP contribution in [0.15, 0.2) is 42.6 Å². The van der Waals surface area contributed by atoms with Crippen molar-refractivity contribution in [3.05, 3.63) is 48.2 Å². The number of pyridine rings is 2. The van der Waals surface area contributed by atoms with E-state index in [0.717, 1.165) is 0 Å². The fourth-order valence-electron chi connectivity index (χ4n) is 4.11. The average Bonchev–Trinajstić information content (AvgIpc) is 3.25. The van der Waals surface area contributed by atoms with Gasteiger partial charge < -0.3 is 29.4 Å². The Morgan fingerprint density at radius 1 is 1.21 bits per heavy atom. The molecule has 0 aliphatic carbocycles.